The number of ether oxygens (including phenoxy) is 1. The van der Waals surface area contributed by atoms with Crippen molar-refractivity contribution in [2.45, 2.75) is 45.1 Å². The van der Waals surface area contributed by atoms with Crippen molar-refractivity contribution in [3.63, 3.8) is 0 Å². The molecule has 3 fully saturated rings. The number of hydrogen-bond acceptors (Lipinski definition) is 2. The van der Waals surface area contributed by atoms with Gasteiger partial charge in [0.05, 0.1) is 0 Å². The zero-order valence-electron chi connectivity index (χ0n) is 10.6. The maximum Gasteiger partial charge on any atom is 0.306 e. The second kappa shape index (κ2) is 2.96. The van der Waals surface area contributed by atoms with Gasteiger partial charge in [-0.15, -0.1) is 0 Å². The van der Waals surface area contributed by atoms with Crippen LogP contribution in [0.3, 0.4) is 0 Å². The third-order valence-corrected chi connectivity index (χ3v) is 5.83. The minimum atomic E-state index is -0.227. The molecule has 0 saturated heterocycles. The van der Waals surface area contributed by atoms with E-state index in [9.17, 15) is 4.79 Å². The lowest BCUT2D eigenvalue weighted by Crippen LogP contribution is -2.46. The fourth-order valence-corrected chi connectivity index (χ4v) is 5.42. The predicted octanol–water partition coefficient (Wildman–Crippen LogP) is 2.93. The third kappa shape index (κ3) is 1.01. The fourth-order valence-electron chi connectivity index (χ4n) is 5.42. The summed E-state index contributed by atoms with van der Waals surface area (Å²) in [7, 11) is 0. The van der Waals surface area contributed by atoms with Crippen molar-refractivity contribution < 1.29 is 9.53 Å². The largest absolute Gasteiger partial charge is 0.454 e. The lowest BCUT2D eigenvalue weighted by Gasteiger charge is -2.44. The molecule has 92 valence electrons. The first-order valence-electron chi connectivity index (χ1n) is 7.09. The summed E-state index contributed by atoms with van der Waals surface area (Å²) < 4.78 is 5.87. The quantitative estimate of drug-likeness (QED) is 0.552. The highest BCUT2D eigenvalue weighted by atomic mass is 16.6. The van der Waals surface area contributed by atoms with Crippen molar-refractivity contribution in [1.82, 2.24) is 0 Å². The van der Waals surface area contributed by atoms with Gasteiger partial charge in [0, 0.05) is 12.3 Å². The van der Waals surface area contributed by atoms with E-state index in [1.54, 1.807) is 0 Å². The molecule has 0 radical (unpaired) electrons. The minimum absolute atomic E-state index is 0.00257. The van der Waals surface area contributed by atoms with E-state index in [4.69, 9.17) is 4.74 Å². The highest BCUT2D eigenvalue weighted by molar-refractivity contribution is 5.71. The SMILES string of the molecule is CCCC(=O)OC1(C)C2=CC3CC4CC1C3C24. The standard InChI is InChI=1S/C15H20O2/c1-3-4-12(16)17-15(2)10-6-8-5-9-7-11(15)13(8)14(9)10/h6,8-9,11,13-14H,3-5,7H2,1-2H3. The van der Waals surface area contributed by atoms with E-state index in [2.05, 4.69) is 13.0 Å². The van der Waals surface area contributed by atoms with Crippen LogP contribution in [0.4, 0.5) is 0 Å². The van der Waals surface area contributed by atoms with Crippen LogP contribution in [0.25, 0.3) is 0 Å². The minimum Gasteiger partial charge on any atom is -0.454 e. The summed E-state index contributed by atoms with van der Waals surface area (Å²) in [5, 5.41) is 0. The van der Waals surface area contributed by atoms with Crippen LogP contribution in [0.5, 0.6) is 0 Å². The van der Waals surface area contributed by atoms with E-state index in [0.29, 0.717) is 12.3 Å². The molecule has 6 atom stereocenters. The lowest BCUT2D eigenvalue weighted by molar-refractivity contribution is -0.161. The Kier molecular flexibility index (Phi) is 1.77. The highest BCUT2D eigenvalue weighted by Gasteiger charge is 2.71. The van der Waals surface area contributed by atoms with Gasteiger partial charge in [-0.2, -0.15) is 0 Å². The van der Waals surface area contributed by atoms with Gasteiger partial charge in [0.15, 0.2) is 0 Å². The molecule has 0 aliphatic heterocycles. The van der Waals surface area contributed by atoms with Gasteiger partial charge in [0.1, 0.15) is 5.60 Å². The molecule has 6 bridgehead atoms. The average Bonchev–Trinajstić information content (AvgIpc) is 2.95. The van der Waals surface area contributed by atoms with E-state index >= 15 is 0 Å². The first kappa shape index (κ1) is 10.2. The zero-order valence-corrected chi connectivity index (χ0v) is 10.6. The van der Waals surface area contributed by atoms with Crippen LogP contribution < -0.4 is 0 Å². The number of carbonyl (C=O) groups is 1. The number of carbonyl (C=O) groups excluding carboxylic acids is 1. The molecule has 6 unspecified atom stereocenters. The molecule has 4 aliphatic carbocycles. The van der Waals surface area contributed by atoms with E-state index in [1.165, 1.54) is 18.4 Å². The zero-order chi connectivity index (χ0) is 11.8. The fraction of sp³-hybridized carbons (Fsp3) is 0.800. The van der Waals surface area contributed by atoms with Crippen molar-refractivity contribution in [3.05, 3.63) is 11.6 Å². The second-order valence-corrected chi connectivity index (χ2v) is 6.56. The van der Waals surface area contributed by atoms with E-state index < -0.39 is 0 Å². The summed E-state index contributed by atoms with van der Waals surface area (Å²) in [6, 6.07) is 0. The first-order valence-corrected chi connectivity index (χ1v) is 7.09. The Bertz CT molecular complexity index is 425. The second-order valence-electron chi connectivity index (χ2n) is 6.56. The third-order valence-electron chi connectivity index (χ3n) is 5.83. The number of rotatable bonds is 3. The molecule has 2 heteroatoms. The monoisotopic (exact) mass is 232 g/mol. The Hall–Kier alpha value is -0.790. The molecule has 0 N–H and O–H groups in total. The Labute approximate surface area is 102 Å². The summed E-state index contributed by atoms with van der Waals surface area (Å²) in [6.07, 6.45) is 6.61. The molecule has 4 aliphatic rings. The van der Waals surface area contributed by atoms with E-state index in [0.717, 1.165) is 30.1 Å². The van der Waals surface area contributed by atoms with Crippen molar-refractivity contribution in [2.75, 3.05) is 0 Å². The van der Waals surface area contributed by atoms with Crippen LogP contribution in [0.2, 0.25) is 0 Å². The van der Waals surface area contributed by atoms with Gasteiger partial charge in [-0.25, -0.2) is 0 Å². The van der Waals surface area contributed by atoms with Crippen LogP contribution in [-0.4, -0.2) is 11.6 Å². The Morgan fingerprint density at radius 2 is 2.35 bits per heavy atom. The number of esters is 1. The first-order chi connectivity index (χ1) is 8.15. The summed E-state index contributed by atoms with van der Waals surface area (Å²) in [5.41, 5.74) is 1.26. The molecule has 3 saturated carbocycles. The highest BCUT2D eigenvalue weighted by Crippen LogP contribution is 2.74. The van der Waals surface area contributed by atoms with Gasteiger partial charge in [0.25, 0.3) is 0 Å². The predicted molar refractivity (Wildman–Crippen MR) is 64.2 cm³/mol. The molecule has 0 aromatic rings. The van der Waals surface area contributed by atoms with Crippen LogP contribution in [0.15, 0.2) is 11.6 Å². The molecule has 2 nitrogen and oxygen atoms in total. The van der Waals surface area contributed by atoms with E-state index in [-0.39, 0.29) is 11.6 Å². The molecule has 17 heavy (non-hydrogen) atoms. The van der Waals surface area contributed by atoms with Crippen molar-refractivity contribution in [2.24, 2.45) is 29.6 Å². The van der Waals surface area contributed by atoms with Crippen LogP contribution in [0.1, 0.15) is 39.5 Å². The topological polar surface area (TPSA) is 26.3 Å². The lowest BCUT2D eigenvalue weighted by atomic mass is 9.66. The summed E-state index contributed by atoms with van der Waals surface area (Å²) in [4.78, 5) is 11.8. The Morgan fingerprint density at radius 1 is 1.53 bits per heavy atom. The van der Waals surface area contributed by atoms with Gasteiger partial charge in [-0.1, -0.05) is 13.0 Å². The average molecular weight is 232 g/mol. The van der Waals surface area contributed by atoms with Crippen LogP contribution >= 0.6 is 0 Å². The van der Waals surface area contributed by atoms with E-state index in [1.807, 2.05) is 6.92 Å². The summed E-state index contributed by atoms with van der Waals surface area (Å²) in [6.45, 7) is 4.20. The molecular weight excluding hydrogens is 212 g/mol. The van der Waals surface area contributed by atoms with Crippen molar-refractivity contribution in [3.8, 4) is 0 Å². The molecule has 0 aromatic carbocycles. The molecule has 0 spiro atoms. The van der Waals surface area contributed by atoms with Gasteiger partial charge < -0.3 is 4.74 Å². The Morgan fingerprint density at radius 3 is 2.94 bits per heavy atom. The maximum atomic E-state index is 11.8. The summed E-state index contributed by atoms with van der Waals surface area (Å²) >= 11 is 0. The number of hydrogen-bond donors (Lipinski definition) is 0. The maximum absolute atomic E-state index is 11.8. The van der Waals surface area contributed by atoms with Gasteiger partial charge in [0.2, 0.25) is 0 Å². The van der Waals surface area contributed by atoms with Crippen molar-refractivity contribution in [1.29, 1.82) is 0 Å². The smallest absolute Gasteiger partial charge is 0.306 e. The molecule has 4 rings (SSSR count). The van der Waals surface area contributed by atoms with Gasteiger partial charge in [-0.3, -0.25) is 4.79 Å². The number of allylic oxidation sites excluding steroid dienone is 1. The molecular formula is C15H20O2. The van der Waals surface area contributed by atoms with Gasteiger partial charge in [-0.05, 0) is 55.4 Å². The van der Waals surface area contributed by atoms with Crippen LogP contribution in [-0.2, 0) is 9.53 Å². The molecule has 0 heterocycles. The normalized spacial score (nSPS) is 52.4. The molecule has 0 aromatic heterocycles. The van der Waals surface area contributed by atoms with Crippen molar-refractivity contribution >= 4 is 5.97 Å². The van der Waals surface area contributed by atoms with Crippen LogP contribution in [0, 0.1) is 29.6 Å². The van der Waals surface area contributed by atoms with Gasteiger partial charge >= 0.3 is 5.97 Å². The Balaban J connectivity index is 1.64. The summed E-state index contributed by atoms with van der Waals surface area (Å²) in [5.74, 6) is 4.00. The molecule has 0 amide bonds.